The molecule has 3 nitrogen and oxygen atoms in total. The molecule has 0 aliphatic heterocycles. The van der Waals surface area contributed by atoms with E-state index in [1.165, 1.54) is 11.3 Å². The standard InChI is InChI=1S/C12H15BrN2OS/c1-9(2-5-13)3-6-15-8-14-11-10(12(15)16)4-7-17-11/h4,7-9H,2-3,5-6H2,1H3. The topological polar surface area (TPSA) is 34.9 Å². The quantitative estimate of drug-likeness (QED) is 0.794. The number of hydrogen-bond donors (Lipinski definition) is 0. The Morgan fingerprint density at radius 2 is 2.35 bits per heavy atom. The van der Waals surface area contributed by atoms with E-state index in [0.29, 0.717) is 5.92 Å². The van der Waals surface area contributed by atoms with Gasteiger partial charge in [-0.2, -0.15) is 0 Å². The first kappa shape index (κ1) is 12.8. The highest BCUT2D eigenvalue weighted by Gasteiger charge is 2.06. The molecule has 0 radical (unpaired) electrons. The number of aryl methyl sites for hydroxylation is 1. The van der Waals surface area contributed by atoms with Gasteiger partial charge in [0.15, 0.2) is 0 Å². The summed E-state index contributed by atoms with van der Waals surface area (Å²) in [5.41, 5.74) is 0.0855. The van der Waals surface area contributed by atoms with Gasteiger partial charge in [-0.05, 0) is 30.2 Å². The maximum absolute atomic E-state index is 12.1. The first-order chi connectivity index (χ1) is 8.22. The molecule has 1 atom stereocenters. The molecule has 2 heterocycles. The fourth-order valence-electron chi connectivity index (χ4n) is 1.74. The van der Waals surface area contributed by atoms with Gasteiger partial charge in [0.1, 0.15) is 4.83 Å². The molecule has 0 aliphatic rings. The zero-order valence-electron chi connectivity index (χ0n) is 9.73. The van der Waals surface area contributed by atoms with Crippen molar-refractivity contribution in [2.75, 3.05) is 5.33 Å². The average molecular weight is 315 g/mol. The average Bonchev–Trinajstić information content (AvgIpc) is 2.77. The van der Waals surface area contributed by atoms with E-state index in [1.807, 2.05) is 11.4 Å². The van der Waals surface area contributed by atoms with E-state index in [-0.39, 0.29) is 5.56 Å². The summed E-state index contributed by atoms with van der Waals surface area (Å²) in [5, 5.41) is 3.67. The van der Waals surface area contributed by atoms with Crippen LogP contribution >= 0.6 is 27.3 Å². The highest BCUT2D eigenvalue weighted by atomic mass is 79.9. The summed E-state index contributed by atoms with van der Waals surface area (Å²) in [6, 6.07) is 1.85. The summed E-state index contributed by atoms with van der Waals surface area (Å²) in [5.74, 6) is 0.624. The molecule has 1 unspecified atom stereocenters. The van der Waals surface area contributed by atoms with Crippen LogP contribution in [0.15, 0.2) is 22.6 Å². The van der Waals surface area contributed by atoms with Crippen LogP contribution in [0.25, 0.3) is 10.2 Å². The maximum atomic E-state index is 12.1. The molecule has 0 saturated heterocycles. The minimum absolute atomic E-state index is 0.0855. The number of alkyl halides is 1. The molecule has 0 bridgehead atoms. The molecular weight excluding hydrogens is 300 g/mol. The van der Waals surface area contributed by atoms with Gasteiger partial charge < -0.3 is 0 Å². The summed E-state index contributed by atoms with van der Waals surface area (Å²) >= 11 is 4.95. The van der Waals surface area contributed by atoms with Crippen LogP contribution in [0.4, 0.5) is 0 Å². The van der Waals surface area contributed by atoms with Crippen molar-refractivity contribution in [3.05, 3.63) is 28.1 Å². The van der Waals surface area contributed by atoms with Crippen LogP contribution in [0.1, 0.15) is 19.8 Å². The third-order valence-corrected chi connectivity index (χ3v) is 4.19. The molecule has 0 spiro atoms. The highest BCUT2D eigenvalue weighted by molar-refractivity contribution is 9.09. The van der Waals surface area contributed by atoms with Crippen LogP contribution in [0.3, 0.4) is 0 Å². The summed E-state index contributed by atoms with van der Waals surface area (Å²) < 4.78 is 1.72. The zero-order valence-corrected chi connectivity index (χ0v) is 12.1. The van der Waals surface area contributed by atoms with Crippen molar-refractivity contribution in [3.8, 4) is 0 Å². The van der Waals surface area contributed by atoms with Gasteiger partial charge in [-0.3, -0.25) is 9.36 Å². The molecular formula is C12H15BrN2OS. The second-order valence-corrected chi connectivity index (χ2v) is 5.94. The second-order valence-electron chi connectivity index (χ2n) is 4.25. The van der Waals surface area contributed by atoms with Crippen molar-refractivity contribution in [2.24, 2.45) is 5.92 Å². The number of aromatic nitrogens is 2. The Morgan fingerprint density at radius 1 is 1.53 bits per heavy atom. The van der Waals surface area contributed by atoms with Crippen LogP contribution < -0.4 is 5.56 Å². The van der Waals surface area contributed by atoms with Gasteiger partial charge in [-0.15, -0.1) is 11.3 Å². The lowest BCUT2D eigenvalue weighted by Crippen LogP contribution is -2.21. The monoisotopic (exact) mass is 314 g/mol. The summed E-state index contributed by atoms with van der Waals surface area (Å²) in [4.78, 5) is 17.2. The molecule has 17 heavy (non-hydrogen) atoms. The lowest BCUT2D eigenvalue weighted by Gasteiger charge is -2.10. The largest absolute Gasteiger partial charge is 0.299 e. The van der Waals surface area contributed by atoms with Crippen LogP contribution in [-0.4, -0.2) is 14.9 Å². The molecule has 0 aliphatic carbocycles. The van der Waals surface area contributed by atoms with Gasteiger partial charge in [0, 0.05) is 11.9 Å². The predicted octanol–water partition coefficient (Wildman–Crippen LogP) is 3.27. The van der Waals surface area contributed by atoms with E-state index < -0.39 is 0 Å². The summed E-state index contributed by atoms with van der Waals surface area (Å²) in [6.45, 7) is 2.97. The molecule has 0 aromatic carbocycles. The maximum Gasteiger partial charge on any atom is 0.262 e. The van der Waals surface area contributed by atoms with E-state index in [2.05, 4.69) is 27.8 Å². The zero-order chi connectivity index (χ0) is 12.3. The predicted molar refractivity (Wildman–Crippen MR) is 76.1 cm³/mol. The second kappa shape index (κ2) is 5.78. The molecule has 0 N–H and O–H groups in total. The summed E-state index contributed by atoms with van der Waals surface area (Å²) in [7, 11) is 0. The normalized spacial score (nSPS) is 13.1. The SMILES string of the molecule is CC(CCBr)CCn1cnc2sccc2c1=O. The smallest absolute Gasteiger partial charge is 0.262 e. The Morgan fingerprint density at radius 3 is 3.12 bits per heavy atom. The summed E-state index contributed by atoms with van der Waals surface area (Å²) in [6.07, 6.45) is 3.83. The van der Waals surface area contributed by atoms with Gasteiger partial charge in [0.05, 0.1) is 11.7 Å². The lowest BCUT2D eigenvalue weighted by atomic mass is 10.1. The fraction of sp³-hybridized carbons (Fsp3) is 0.500. The number of rotatable bonds is 5. The van der Waals surface area contributed by atoms with Gasteiger partial charge >= 0.3 is 0 Å². The van der Waals surface area contributed by atoms with Crippen molar-refractivity contribution < 1.29 is 0 Å². The third-order valence-electron chi connectivity index (χ3n) is 2.92. The minimum atomic E-state index is 0.0855. The van der Waals surface area contributed by atoms with Crippen molar-refractivity contribution in [1.82, 2.24) is 9.55 Å². The fourth-order valence-corrected chi connectivity index (χ4v) is 3.25. The molecule has 2 aromatic rings. The molecule has 0 amide bonds. The minimum Gasteiger partial charge on any atom is -0.299 e. The van der Waals surface area contributed by atoms with Crippen molar-refractivity contribution >= 4 is 37.5 Å². The van der Waals surface area contributed by atoms with Crippen LogP contribution in [0, 0.1) is 5.92 Å². The lowest BCUT2D eigenvalue weighted by molar-refractivity contribution is 0.465. The van der Waals surface area contributed by atoms with Gasteiger partial charge in [0.2, 0.25) is 0 Å². The number of fused-ring (bicyclic) bond motifs is 1. The van der Waals surface area contributed by atoms with E-state index in [9.17, 15) is 4.79 Å². The Kier molecular flexibility index (Phi) is 4.34. The number of halogens is 1. The van der Waals surface area contributed by atoms with Crippen LogP contribution in [-0.2, 0) is 6.54 Å². The van der Waals surface area contributed by atoms with E-state index >= 15 is 0 Å². The van der Waals surface area contributed by atoms with Crippen LogP contribution in [0.2, 0.25) is 0 Å². The molecule has 5 heteroatoms. The number of hydrogen-bond acceptors (Lipinski definition) is 3. The molecule has 92 valence electrons. The molecule has 0 saturated carbocycles. The molecule has 2 aromatic heterocycles. The van der Waals surface area contributed by atoms with Gasteiger partial charge in [-0.1, -0.05) is 22.9 Å². The molecule has 0 fully saturated rings. The molecule has 2 rings (SSSR count). The Balaban J connectivity index is 2.13. The first-order valence-electron chi connectivity index (χ1n) is 5.71. The van der Waals surface area contributed by atoms with E-state index in [4.69, 9.17) is 0 Å². The van der Waals surface area contributed by atoms with E-state index in [0.717, 1.165) is 34.9 Å². The Labute approximate surface area is 113 Å². The first-order valence-corrected chi connectivity index (χ1v) is 7.71. The van der Waals surface area contributed by atoms with Crippen molar-refractivity contribution in [2.45, 2.75) is 26.3 Å². The van der Waals surface area contributed by atoms with E-state index in [1.54, 1.807) is 10.9 Å². The van der Waals surface area contributed by atoms with Crippen molar-refractivity contribution in [3.63, 3.8) is 0 Å². The van der Waals surface area contributed by atoms with Crippen molar-refractivity contribution in [1.29, 1.82) is 0 Å². The van der Waals surface area contributed by atoms with Gasteiger partial charge in [-0.25, -0.2) is 4.98 Å². The van der Waals surface area contributed by atoms with Gasteiger partial charge in [0.25, 0.3) is 5.56 Å². The van der Waals surface area contributed by atoms with Crippen LogP contribution in [0.5, 0.6) is 0 Å². The number of nitrogens with zero attached hydrogens (tertiary/aromatic N) is 2. The number of thiophene rings is 1. The Hall–Kier alpha value is -0.680. The Bertz CT molecular complexity index is 549. The highest BCUT2D eigenvalue weighted by Crippen LogP contribution is 2.14. The third kappa shape index (κ3) is 2.96.